The van der Waals surface area contributed by atoms with Gasteiger partial charge in [0.15, 0.2) is 0 Å². The molecule has 0 bridgehead atoms. The van der Waals surface area contributed by atoms with Gasteiger partial charge in [-0.05, 0) is 74.5 Å². The molecule has 1 fully saturated rings. The second kappa shape index (κ2) is 7.00. The summed E-state index contributed by atoms with van der Waals surface area (Å²) >= 11 is 0. The lowest BCUT2D eigenvalue weighted by Crippen LogP contribution is -2.24. The summed E-state index contributed by atoms with van der Waals surface area (Å²) in [6.45, 7) is 4.79. The van der Waals surface area contributed by atoms with Gasteiger partial charge < -0.3 is 0 Å². The zero-order valence-corrected chi connectivity index (χ0v) is 13.0. The van der Waals surface area contributed by atoms with E-state index in [1.807, 2.05) is 0 Å². The summed E-state index contributed by atoms with van der Waals surface area (Å²) < 4.78 is 0. The van der Waals surface area contributed by atoms with E-state index in [0.717, 1.165) is 24.1 Å². The van der Waals surface area contributed by atoms with Gasteiger partial charge in [0.05, 0.1) is 7.85 Å². The Labute approximate surface area is 121 Å². The van der Waals surface area contributed by atoms with E-state index in [0.29, 0.717) is 5.41 Å². The van der Waals surface area contributed by atoms with Crippen LogP contribution in [0.4, 0.5) is 0 Å². The lowest BCUT2D eigenvalue weighted by molar-refractivity contribution is 0.175. The molecule has 0 N–H and O–H groups in total. The van der Waals surface area contributed by atoms with E-state index in [4.69, 9.17) is 7.85 Å². The first-order valence-electron chi connectivity index (χ1n) is 8.50. The van der Waals surface area contributed by atoms with Crippen molar-refractivity contribution < 1.29 is 0 Å². The minimum absolute atomic E-state index is 0.453. The number of allylic oxidation sites excluding steroid dienone is 2. The highest BCUT2D eigenvalue weighted by Crippen LogP contribution is 2.43. The topological polar surface area (TPSA) is 0 Å². The molecule has 1 saturated carbocycles. The zero-order chi connectivity index (χ0) is 13.7. The van der Waals surface area contributed by atoms with E-state index in [1.54, 1.807) is 0 Å². The Balaban J connectivity index is 1.73. The highest BCUT2D eigenvalue weighted by atomic mass is 14.3. The molecule has 2 aliphatic rings. The van der Waals surface area contributed by atoms with E-state index < -0.39 is 0 Å². The van der Waals surface area contributed by atoms with E-state index in [2.05, 4.69) is 26.0 Å². The summed E-state index contributed by atoms with van der Waals surface area (Å²) in [5.74, 6) is 2.74. The minimum Gasteiger partial charge on any atom is -0.0883 e. The molecule has 1 heteroatoms. The van der Waals surface area contributed by atoms with Crippen LogP contribution in [0.5, 0.6) is 0 Å². The van der Waals surface area contributed by atoms with Crippen molar-refractivity contribution in [1.29, 1.82) is 0 Å². The Bertz CT molecular complexity index is 286. The van der Waals surface area contributed by atoms with Crippen LogP contribution in [-0.2, 0) is 0 Å². The molecular formula is C18H31B. The molecule has 19 heavy (non-hydrogen) atoms. The summed E-state index contributed by atoms with van der Waals surface area (Å²) in [5.41, 5.74) is 0.453. The fraction of sp³-hybridized carbons (Fsp3) is 0.889. The van der Waals surface area contributed by atoms with Crippen molar-refractivity contribution in [2.45, 2.75) is 78.0 Å². The van der Waals surface area contributed by atoms with E-state index in [-0.39, 0.29) is 0 Å². The molecular weight excluding hydrogens is 227 g/mol. The third-order valence-electron chi connectivity index (χ3n) is 5.88. The predicted molar refractivity (Wildman–Crippen MR) is 85.5 cm³/mol. The van der Waals surface area contributed by atoms with Crippen LogP contribution < -0.4 is 0 Å². The van der Waals surface area contributed by atoms with Crippen molar-refractivity contribution in [3.8, 4) is 0 Å². The predicted octanol–water partition coefficient (Wildman–Crippen LogP) is 5.54. The number of rotatable bonds is 4. The molecule has 106 valence electrons. The Morgan fingerprint density at radius 2 is 1.89 bits per heavy atom. The molecule has 2 rings (SSSR count). The van der Waals surface area contributed by atoms with Gasteiger partial charge >= 0.3 is 0 Å². The van der Waals surface area contributed by atoms with Gasteiger partial charge in [0.1, 0.15) is 0 Å². The van der Waals surface area contributed by atoms with E-state index in [1.165, 1.54) is 57.8 Å². The SMILES string of the molecule is [B]CC1(C)CCC(CCC2CCCC=CC2C)CC1. The van der Waals surface area contributed by atoms with Crippen molar-refractivity contribution in [3.63, 3.8) is 0 Å². The van der Waals surface area contributed by atoms with Crippen molar-refractivity contribution in [2.75, 3.05) is 0 Å². The van der Waals surface area contributed by atoms with Crippen molar-refractivity contribution in [3.05, 3.63) is 12.2 Å². The molecule has 2 radical (unpaired) electrons. The van der Waals surface area contributed by atoms with Gasteiger partial charge in [-0.25, -0.2) is 0 Å². The molecule has 0 heterocycles. The third-order valence-corrected chi connectivity index (χ3v) is 5.88. The van der Waals surface area contributed by atoms with Crippen LogP contribution in [0, 0.1) is 23.2 Å². The smallest absolute Gasteiger partial charge is 0.0660 e. The normalized spacial score (nSPS) is 40.0. The van der Waals surface area contributed by atoms with Gasteiger partial charge in [0, 0.05) is 0 Å². The molecule has 0 spiro atoms. The standard InChI is InChI=1S/C18H31B/c1-15-6-4-3-5-7-17(15)9-8-16-10-12-18(2,14-19)13-11-16/h4,6,15-17H,3,5,7-14H2,1-2H3. The molecule has 2 atom stereocenters. The lowest BCUT2D eigenvalue weighted by Gasteiger charge is -2.37. The zero-order valence-electron chi connectivity index (χ0n) is 13.0. The van der Waals surface area contributed by atoms with Gasteiger partial charge in [-0.15, -0.1) is 0 Å². The van der Waals surface area contributed by atoms with Crippen LogP contribution in [0.15, 0.2) is 12.2 Å². The Kier molecular flexibility index (Phi) is 5.60. The highest BCUT2D eigenvalue weighted by molar-refractivity contribution is 6.08. The monoisotopic (exact) mass is 258 g/mol. The lowest BCUT2D eigenvalue weighted by atomic mass is 9.65. The maximum atomic E-state index is 5.90. The molecule has 0 amide bonds. The quantitative estimate of drug-likeness (QED) is 0.458. The fourth-order valence-electron chi connectivity index (χ4n) is 3.95. The van der Waals surface area contributed by atoms with Gasteiger partial charge in [0.25, 0.3) is 0 Å². The largest absolute Gasteiger partial charge is 0.0883 e. The molecule has 2 aliphatic carbocycles. The molecule has 0 aromatic carbocycles. The molecule has 2 unspecified atom stereocenters. The minimum atomic E-state index is 0.453. The summed E-state index contributed by atoms with van der Waals surface area (Å²) in [6, 6.07) is 0. The Morgan fingerprint density at radius 1 is 1.16 bits per heavy atom. The first-order chi connectivity index (χ1) is 9.13. The molecule has 0 saturated heterocycles. The first-order valence-corrected chi connectivity index (χ1v) is 8.50. The maximum absolute atomic E-state index is 5.90. The summed E-state index contributed by atoms with van der Waals surface area (Å²) in [4.78, 5) is 0. The second-order valence-electron chi connectivity index (χ2n) is 7.51. The first kappa shape index (κ1) is 15.2. The number of hydrogen-bond acceptors (Lipinski definition) is 0. The second-order valence-corrected chi connectivity index (χ2v) is 7.51. The van der Waals surface area contributed by atoms with Crippen molar-refractivity contribution >= 4 is 7.85 Å². The van der Waals surface area contributed by atoms with Crippen LogP contribution in [-0.4, -0.2) is 7.85 Å². The van der Waals surface area contributed by atoms with Crippen LogP contribution in [0.2, 0.25) is 6.32 Å². The van der Waals surface area contributed by atoms with E-state index in [9.17, 15) is 0 Å². The average molecular weight is 258 g/mol. The third kappa shape index (κ3) is 4.40. The van der Waals surface area contributed by atoms with Gasteiger partial charge in [-0.2, -0.15) is 0 Å². The van der Waals surface area contributed by atoms with Crippen molar-refractivity contribution in [1.82, 2.24) is 0 Å². The summed E-state index contributed by atoms with van der Waals surface area (Å²) in [5, 5.41) is 0. The fourth-order valence-corrected chi connectivity index (χ4v) is 3.95. The highest BCUT2D eigenvalue weighted by Gasteiger charge is 2.29. The van der Waals surface area contributed by atoms with E-state index >= 15 is 0 Å². The van der Waals surface area contributed by atoms with Gasteiger partial charge in [-0.1, -0.05) is 38.7 Å². The van der Waals surface area contributed by atoms with Crippen LogP contribution in [0.3, 0.4) is 0 Å². The van der Waals surface area contributed by atoms with Crippen molar-refractivity contribution in [2.24, 2.45) is 23.2 Å². The Morgan fingerprint density at radius 3 is 2.58 bits per heavy atom. The van der Waals surface area contributed by atoms with Crippen LogP contribution >= 0.6 is 0 Å². The average Bonchev–Trinajstić information content (AvgIpc) is 2.63. The number of hydrogen-bond donors (Lipinski definition) is 0. The van der Waals surface area contributed by atoms with Gasteiger partial charge in [0.2, 0.25) is 0 Å². The summed E-state index contributed by atoms with van der Waals surface area (Å²) in [7, 11) is 5.90. The molecule has 0 nitrogen and oxygen atoms in total. The molecule has 0 aromatic heterocycles. The molecule has 0 aromatic rings. The maximum Gasteiger partial charge on any atom is 0.0660 e. The Hall–Kier alpha value is -0.195. The summed E-state index contributed by atoms with van der Waals surface area (Å²) in [6.07, 6.45) is 18.4. The van der Waals surface area contributed by atoms with Crippen LogP contribution in [0.25, 0.3) is 0 Å². The molecule has 0 aliphatic heterocycles. The van der Waals surface area contributed by atoms with Crippen LogP contribution in [0.1, 0.15) is 71.6 Å². The van der Waals surface area contributed by atoms with Gasteiger partial charge in [-0.3, -0.25) is 0 Å².